The van der Waals surface area contributed by atoms with E-state index >= 15 is 0 Å². The second kappa shape index (κ2) is 8.41. The van der Waals surface area contributed by atoms with Crippen molar-refractivity contribution in [2.24, 2.45) is 5.92 Å². The highest BCUT2D eigenvalue weighted by Crippen LogP contribution is 2.25. The lowest BCUT2D eigenvalue weighted by Gasteiger charge is -2.33. The summed E-state index contributed by atoms with van der Waals surface area (Å²) >= 11 is 0. The molecule has 0 saturated carbocycles. The van der Waals surface area contributed by atoms with Gasteiger partial charge < -0.3 is 4.90 Å². The van der Waals surface area contributed by atoms with Gasteiger partial charge in [0.15, 0.2) is 0 Å². The molecule has 0 radical (unpaired) electrons. The van der Waals surface area contributed by atoms with Crippen LogP contribution in [0.4, 0.5) is 4.39 Å². The Bertz CT molecular complexity index is 927. The summed E-state index contributed by atoms with van der Waals surface area (Å²) in [6.45, 7) is 3.01. The van der Waals surface area contributed by atoms with E-state index in [2.05, 4.69) is 0 Å². The smallest absolute Gasteiger partial charge is 0.243 e. The highest BCUT2D eigenvalue weighted by molar-refractivity contribution is 7.89. The van der Waals surface area contributed by atoms with Crippen LogP contribution in [0.15, 0.2) is 53.4 Å². The largest absolute Gasteiger partial charge is 0.341 e. The fraction of sp³-hybridized carbons (Fsp3) is 0.381. The Kier molecular flexibility index (Phi) is 6.15. The third kappa shape index (κ3) is 4.59. The lowest BCUT2D eigenvalue weighted by molar-refractivity contribution is -0.135. The summed E-state index contributed by atoms with van der Waals surface area (Å²) in [5.41, 5.74) is 2.19. The molecule has 1 heterocycles. The summed E-state index contributed by atoms with van der Waals surface area (Å²) < 4.78 is 40.1. The van der Waals surface area contributed by atoms with E-state index in [0.717, 1.165) is 23.3 Å². The van der Waals surface area contributed by atoms with Crippen LogP contribution < -0.4 is 0 Å². The zero-order valence-electron chi connectivity index (χ0n) is 16.1. The van der Waals surface area contributed by atoms with Crippen LogP contribution in [-0.2, 0) is 21.4 Å². The van der Waals surface area contributed by atoms with E-state index in [4.69, 9.17) is 0 Å². The monoisotopic (exact) mass is 404 g/mol. The van der Waals surface area contributed by atoms with Gasteiger partial charge in [-0.25, -0.2) is 12.8 Å². The molecule has 1 atom stereocenters. The maximum atomic E-state index is 13.1. The van der Waals surface area contributed by atoms with Crippen LogP contribution in [0.5, 0.6) is 0 Å². The molecular formula is C21H25FN2O3S. The molecular weight excluding hydrogens is 379 g/mol. The fourth-order valence-corrected chi connectivity index (χ4v) is 5.00. The number of amides is 1. The first-order chi connectivity index (χ1) is 13.3. The number of piperidine rings is 1. The van der Waals surface area contributed by atoms with Crippen LogP contribution in [0.2, 0.25) is 0 Å². The third-order valence-electron chi connectivity index (χ3n) is 5.10. The van der Waals surface area contributed by atoms with Crippen LogP contribution in [-0.4, -0.2) is 43.7 Å². The van der Waals surface area contributed by atoms with Crippen molar-refractivity contribution in [1.82, 2.24) is 9.21 Å². The second-order valence-corrected chi connectivity index (χ2v) is 9.27. The number of carbonyl (C=O) groups excluding carboxylic acids is 1. The van der Waals surface area contributed by atoms with Gasteiger partial charge in [-0.1, -0.05) is 29.8 Å². The number of rotatable bonds is 5. The highest BCUT2D eigenvalue weighted by Gasteiger charge is 2.34. The van der Waals surface area contributed by atoms with Gasteiger partial charge in [-0.2, -0.15) is 4.31 Å². The molecule has 150 valence electrons. The molecule has 1 saturated heterocycles. The molecule has 2 aromatic carbocycles. The number of halogens is 1. The van der Waals surface area contributed by atoms with Crippen molar-refractivity contribution >= 4 is 15.9 Å². The Morgan fingerprint density at radius 3 is 2.43 bits per heavy atom. The molecule has 0 bridgehead atoms. The Morgan fingerprint density at radius 1 is 1.14 bits per heavy atom. The number of sulfonamides is 1. The fourth-order valence-electron chi connectivity index (χ4n) is 3.47. The maximum Gasteiger partial charge on any atom is 0.243 e. The van der Waals surface area contributed by atoms with Crippen molar-refractivity contribution in [2.75, 3.05) is 20.1 Å². The standard InChI is InChI=1S/C21H25FN2O3S/c1-16-5-7-17(8-6-16)14-23(2)21(25)18-4-3-13-24(15-18)28(26,27)20-11-9-19(22)10-12-20/h5-12,18H,3-4,13-15H2,1-2H3/t18-/m1/s1. The normalized spacial score (nSPS) is 18.0. The van der Waals surface area contributed by atoms with Crippen LogP contribution in [0.3, 0.4) is 0 Å². The van der Waals surface area contributed by atoms with Crippen molar-refractivity contribution in [3.8, 4) is 0 Å². The van der Waals surface area contributed by atoms with E-state index in [1.54, 1.807) is 11.9 Å². The molecule has 1 fully saturated rings. The molecule has 0 N–H and O–H groups in total. The molecule has 1 aliphatic rings. The van der Waals surface area contributed by atoms with Crippen LogP contribution in [0.25, 0.3) is 0 Å². The molecule has 0 unspecified atom stereocenters. The van der Waals surface area contributed by atoms with E-state index in [9.17, 15) is 17.6 Å². The third-order valence-corrected chi connectivity index (χ3v) is 6.98. The Morgan fingerprint density at radius 2 is 1.79 bits per heavy atom. The molecule has 7 heteroatoms. The molecule has 28 heavy (non-hydrogen) atoms. The van der Waals surface area contributed by atoms with Gasteiger partial charge in [0.25, 0.3) is 0 Å². The lowest BCUT2D eigenvalue weighted by Crippen LogP contribution is -2.45. The van der Waals surface area contributed by atoms with Gasteiger partial charge in [-0.3, -0.25) is 4.79 Å². The molecule has 0 aromatic heterocycles. The molecule has 1 aliphatic heterocycles. The number of nitrogens with zero attached hydrogens (tertiary/aromatic N) is 2. The van der Waals surface area contributed by atoms with Crippen molar-refractivity contribution in [3.05, 3.63) is 65.5 Å². The van der Waals surface area contributed by atoms with Crippen LogP contribution in [0.1, 0.15) is 24.0 Å². The minimum absolute atomic E-state index is 0.0509. The Hall–Kier alpha value is -2.25. The quantitative estimate of drug-likeness (QED) is 0.769. The van der Waals surface area contributed by atoms with E-state index in [1.165, 1.54) is 16.4 Å². The molecule has 1 amide bonds. The lowest BCUT2D eigenvalue weighted by atomic mass is 9.98. The first-order valence-corrected chi connectivity index (χ1v) is 10.8. The number of hydrogen-bond donors (Lipinski definition) is 0. The number of hydrogen-bond acceptors (Lipinski definition) is 3. The SMILES string of the molecule is Cc1ccc(CN(C)C(=O)[C@@H]2CCCN(S(=O)(=O)c3ccc(F)cc3)C2)cc1. The summed E-state index contributed by atoms with van der Waals surface area (Å²) in [5, 5.41) is 0. The van der Waals surface area contributed by atoms with E-state index in [-0.39, 0.29) is 23.3 Å². The van der Waals surface area contributed by atoms with Crippen molar-refractivity contribution < 1.29 is 17.6 Å². The van der Waals surface area contributed by atoms with E-state index < -0.39 is 15.8 Å². The summed E-state index contributed by atoms with van der Waals surface area (Å²) in [5.74, 6) is -0.914. The predicted octanol–water partition coefficient (Wildman–Crippen LogP) is 3.19. The van der Waals surface area contributed by atoms with Gasteiger partial charge >= 0.3 is 0 Å². The molecule has 0 spiro atoms. The van der Waals surface area contributed by atoms with E-state index in [0.29, 0.717) is 25.9 Å². The molecule has 5 nitrogen and oxygen atoms in total. The zero-order chi connectivity index (χ0) is 20.3. The maximum absolute atomic E-state index is 13.1. The summed E-state index contributed by atoms with van der Waals surface area (Å²) in [6.07, 6.45) is 1.28. The topological polar surface area (TPSA) is 57.7 Å². The number of benzene rings is 2. The predicted molar refractivity (Wildman–Crippen MR) is 106 cm³/mol. The van der Waals surface area contributed by atoms with Crippen molar-refractivity contribution in [2.45, 2.75) is 31.2 Å². The second-order valence-electron chi connectivity index (χ2n) is 7.34. The number of carbonyl (C=O) groups is 1. The highest BCUT2D eigenvalue weighted by atomic mass is 32.2. The van der Waals surface area contributed by atoms with E-state index in [1.807, 2.05) is 31.2 Å². The van der Waals surface area contributed by atoms with Crippen LogP contribution in [0, 0.1) is 18.7 Å². The van der Waals surface area contributed by atoms with Gasteiger partial charge in [0.05, 0.1) is 10.8 Å². The van der Waals surface area contributed by atoms with Gasteiger partial charge in [0.2, 0.25) is 15.9 Å². The van der Waals surface area contributed by atoms with Crippen molar-refractivity contribution in [1.29, 1.82) is 0 Å². The first-order valence-electron chi connectivity index (χ1n) is 9.33. The number of aryl methyl sites for hydroxylation is 1. The van der Waals surface area contributed by atoms with Crippen molar-refractivity contribution in [3.63, 3.8) is 0 Å². The van der Waals surface area contributed by atoms with Gasteiger partial charge in [0.1, 0.15) is 5.82 Å². The van der Waals surface area contributed by atoms with Gasteiger partial charge in [0, 0.05) is 26.7 Å². The van der Waals surface area contributed by atoms with Crippen LogP contribution >= 0.6 is 0 Å². The Balaban J connectivity index is 1.68. The van der Waals surface area contributed by atoms with Gasteiger partial charge in [-0.05, 0) is 49.6 Å². The first kappa shape index (κ1) is 20.5. The summed E-state index contributed by atoms with van der Waals surface area (Å²) in [6, 6.07) is 12.8. The molecule has 2 aromatic rings. The minimum atomic E-state index is -3.74. The Labute approximate surface area is 165 Å². The zero-order valence-corrected chi connectivity index (χ0v) is 17.0. The van der Waals surface area contributed by atoms with Gasteiger partial charge in [-0.15, -0.1) is 0 Å². The average molecular weight is 405 g/mol. The average Bonchev–Trinajstić information content (AvgIpc) is 2.69. The minimum Gasteiger partial charge on any atom is -0.341 e. The molecule has 0 aliphatic carbocycles. The molecule has 3 rings (SSSR count). The summed E-state index contributed by atoms with van der Waals surface area (Å²) in [7, 11) is -1.99. The summed E-state index contributed by atoms with van der Waals surface area (Å²) in [4.78, 5) is 14.6.